The van der Waals surface area contributed by atoms with Gasteiger partial charge in [-0.1, -0.05) is 6.42 Å². The van der Waals surface area contributed by atoms with Gasteiger partial charge >= 0.3 is 6.36 Å². The van der Waals surface area contributed by atoms with Crippen LogP contribution >= 0.6 is 0 Å². The molecule has 0 aromatic heterocycles. The fourth-order valence-corrected chi connectivity index (χ4v) is 5.64. The van der Waals surface area contributed by atoms with Crippen molar-refractivity contribution in [3.63, 3.8) is 0 Å². The molecule has 1 saturated carbocycles. The summed E-state index contributed by atoms with van der Waals surface area (Å²) >= 11 is 0. The van der Waals surface area contributed by atoms with Crippen LogP contribution < -0.4 is 20.1 Å². The highest BCUT2D eigenvalue weighted by Crippen LogP contribution is 2.50. The number of alkyl halides is 3. The summed E-state index contributed by atoms with van der Waals surface area (Å²) in [6.45, 7) is 3.79. The van der Waals surface area contributed by atoms with Gasteiger partial charge in [0.15, 0.2) is 6.61 Å². The molecule has 9 nitrogen and oxygen atoms in total. The highest BCUT2D eigenvalue weighted by molar-refractivity contribution is 5.89. The second-order valence-corrected chi connectivity index (χ2v) is 11.1. The Kier molecular flexibility index (Phi) is 7.50. The zero-order valence-electron chi connectivity index (χ0n) is 21.3. The van der Waals surface area contributed by atoms with Crippen molar-refractivity contribution in [1.29, 1.82) is 5.26 Å². The molecule has 1 spiro atoms. The average Bonchev–Trinajstić information content (AvgIpc) is 3.34. The van der Waals surface area contributed by atoms with Gasteiger partial charge in [-0.3, -0.25) is 14.4 Å². The topological polar surface area (TPSA) is 121 Å². The number of likely N-dealkylation sites (tertiary alicyclic amines) is 1. The fourth-order valence-electron chi connectivity index (χ4n) is 5.64. The molecule has 3 aliphatic rings. The molecule has 1 aromatic rings. The number of benzene rings is 1. The Morgan fingerprint density at radius 2 is 1.87 bits per heavy atom. The summed E-state index contributed by atoms with van der Waals surface area (Å²) in [6, 6.07) is 5.09. The summed E-state index contributed by atoms with van der Waals surface area (Å²) in [4.78, 5) is 40.1. The number of ether oxygens (including phenoxy) is 2. The number of carbonyl (C=O) groups is 3. The van der Waals surface area contributed by atoms with Gasteiger partial charge in [0.2, 0.25) is 11.8 Å². The molecule has 1 aliphatic carbocycles. The number of carbonyl (C=O) groups excluding carboxylic acids is 3. The van der Waals surface area contributed by atoms with E-state index < -0.39 is 48.5 Å². The molecule has 1 aromatic carbocycles. The van der Waals surface area contributed by atoms with E-state index in [0.29, 0.717) is 19.4 Å². The number of amides is 3. The standard InChI is InChI=1S/C26H31F3N4O5/c1-24(2)11-16(22(35)32-24)10-17(13-30)31-23(36)20-12-25(8-3-9-25)15-33(20)21(34)14-37-18-4-6-19(7-5-18)38-26(27,28)29/h4-7,16-17,20H,3,8-12,14-15H2,1-2H3,(H,31,36)(H,32,35)/t16-,17+,20?/m1/s1. The van der Waals surface area contributed by atoms with Gasteiger partial charge in [-0.05, 0) is 75.6 Å². The number of rotatable bonds is 8. The van der Waals surface area contributed by atoms with Crippen molar-refractivity contribution < 1.29 is 37.0 Å². The predicted octanol–water partition coefficient (Wildman–Crippen LogP) is 3.05. The van der Waals surface area contributed by atoms with E-state index in [0.717, 1.165) is 31.4 Å². The molecule has 2 aliphatic heterocycles. The first-order chi connectivity index (χ1) is 17.8. The number of halogens is 3. The van der Waals surface area contributed by atoms with Gasteiger partial charge in [0.25, 0.3) is 5.91 Å². The Hall–Kier alpha value is -3.49. The Balaban J connectivity index is 1.37. The molecule has 0 radical (unpaired) electrons. The van der Waals surface area contributed by atoms with Crippen LogP contribution in [0.2, 0.25) is 0 Å². The summed E-state index contributed by atoms with van der Waals surface area (Å²) in [5, 5.41) is 15.3. The summed E-state index contributed by atoms with van der Waals surface area (Å²) in [6.07, 6.45) is -0.818. The maximum absolute atomic E-state index is 13.3. The number of nitrogens with one attached hydrogen (secondary N) is 2. The molecule has 1 unspecified atom stereocenters. The molecule has 2 heterocycles. The van der Waals surface area contributed by atoms with Crippen molar-refractivity contribution in [3.8, 4) is 17.6 Å². The van der Waals surface area contributed by atoms with E-state index in [9.17, 15) is 32.8 Å². The largest absolute Gasteiger partial charge is 0.573 e. The second-order valence-electron chi connectivity index (χ2n) is 11.1. The fraction of sp³-hybridized carbons (Fsp3) is 0.615. The minimum absolute atomic E-state index is 0.147. The first-order valence-electron chi connectivity index (χ1n) is 12.6. The lowest BCUT2D eigenvalue weighted by molar-refractivity contribution is -0.274. The quantitative estimate of drug-likeness (QED) is 0.527. The molecule has 2 saturated heterocycles. The Labute approximate surface area is 218 Å². The van der Waals surface area contributed by atoms with Crippen LogP contribution in [0.5, 0.6) is 11.5 Å². The summed E-state index contributed by atoms with van der Waals surface area (Å²) < 4.78 is 46.3. The number of hydrogen-bond acceptors (Lipinski definition) is 6. The van der Waals surface area contributed by atoms with E-state index in [1.807, 2.05) is 13.8 Å². The van der Waals surface area contributed by atoms with Crippen molar-refractivity contribution >= 4 is 17.7 Å². The number of nitriles is 1. The minimum Gasteiger partial charge on any atom is -0.484 e. The number of nitrogens with zero attached hydrogens (tertiary/aromatic N) is 2. The Morgan fingerprint density at radius 3 is 2.39 bits per heavy atom. The van der Waals surface area contributed by atoms with Crippen LogP contribution in [0.4, 0.5) is 13.2 Å². The van der Waals surface area contributed by atoms with Crippen molar-refractivity contribution in [1.82, 2.24) is 15.5 Å². The van der Waals surface area contributed by atoms with Gasteiger partial charge in [-0.2, -0.15) is 5.26 Å². The van der Waals surface area contributed by atoms with Gasteiger partial charge in [0.1, 0.15) is 23.6 Å². The third-order valence-corrected chi connectivity index (χ3v) is 7.55. The monoisotopic (exact) mass is 536 g/mol. The lowest BCUT2D eigenvalue weighted by Gasteiger charge is -2.37. The highest BCUT2D eigenvalue weighted by Gasteiger charge is 2.51. The van der Waals surface area contributed by atoms with Gasteiger partial charge in [-0.15, -0.1) is 13.2 Å². The third-order valence-electron chi connectivity index (χ3n) is 7.55. The molecule has 3 atom stereocenters. The first-order valence-corrected chi connectivity index (χ1v) is 12.6. The van der Waals surface area contributed by atoms with Crippen LogP contribution in [0.15, 0.2) is 24.3 Å². The molecule has 38 heavy (non-hydrogen) atoms. The summed E-state index contributed by atoms with van der Waals surface area (Å²) in [5.74, 6) is -1.66. The van der Waals surface area contributed by atoms with Crippen LogP contribution in [-0.2, 0) is 14.4 Å². The molecular weight excluding hydrogens is 505 g/mol. The Bertz CT molecular complexity index is 1110. The van der Waals surface area contributed by atoms with Crippen LogP contribution in [-0.4, -0.2) is 59.8 Å². The molecule has 12 heteroatoms. The van der Waals surface area contributed by atoms with E-state index in [1.165, 1.54) is 17.0 Å². The summed E-state index contributed by atoms with van der Waals surface area (Å²) in [7, 11) is 0. The van der Waals surface area contributed by atoms with Crippen LogP contribution in [0.25, 0.3) is 0 Å². The minimum atomic E-state index is -4.81. The Morgan fingerprint density at radius 1 is 1.21 bits per heavy atom. The third kappa shape index (κ3) is 6.49. The maximum Gasteiger partial charge on any atom is 0.573 e. The van der Waals surface area contributed by atoms with E-state index in [1.54, 1.807) is 0 Å². The summed E-state index contributed by atoms with van der Waals surface area (Å²) in [5.41, 5.74) is -0.519. The van der Waals surface area contributed by atoms with Crippen molar-refractivity contribution in [3.05, 3.63) is 24.3 Å². The van der Waals surface area contributed by atoms with Crippen molar-refractivity contribution in [2.24, 2.45) is 11.3 Å². The smallest absolute Gasteiger partial charge is 0.484 e. The van der Waals surface area contributed by atoms with Crippen LogP contribution in [0.3, 0.4) is 0 Å². The van der Waals surface area contributed by atoms with E-state index in [4.69, 9.17) is 4.74 Å². The normalized spacial score (nSPS) is 24.2. The van der Waals surface area contributed by atoms with Crippen LogP contribution in [0.1, 0.15) is 52.4 Å². The second kappa shape index (κ2) is 10.3. The lowest BCUT2D eigenvalue weighted by atomic mass is 9.67. The van der Waals surface area contributed by atoms with E-state index in [-0.39, 0.29) is 29.0 Å². The molecule has 4 rings (SSSR count). The van der Waals surface area contributed by atoms with Gasteiger partial charge in [0.05, 0.1) is 6.07 Å². The van der Waals surface area contributed by atoms with Crippen molar-refractivity contribution in [2.75, 3.05) is 13.2 Å². The van der Waals surface area contributed by atoms with Crippen molar-refractivity contribution in [2.45, 2.75) is 76.4 Å². The predicted molar refractivity (Wildman–Crippen MR) is 128 cm³/mol. The maximum atomic E-state index is 13.3. The average molecular weight is 537 g/mol. The molecule has 3 fully saturated rings. The molecule has 0 bridgehead atoms. The van der Waals surface area contributed by atoms with Gasteiger partial charge in [0, 0.05) is 18.0 Å². The molecule has 2 N–H and O–H groups in total. The SMILES string of the molecule is CC1(C)C[C@@H](C[C@@H](C#N)NC(=O)C2CC3(CCC3)CN2C(=O)COc2ccc(OC(F)(F)F)cc2)C(=O)N1. The zero-order valence-corrected chi connectivity index (χ0v) is 21.3. The van der Waals surface area contributed by atoms with E-state index >= 15 is 0 Å². The zero-order chi connectivity index (χ0) is 27.7. The van der Waals surface area contributed by atoms with E-state index in [2.05, 4.69) is 21.4 Å². The van der Waals surface area contributed by atoms with Gasteiger partial charge < -0.3 is 25.0 Å². The molecule has 3 amide bonds. The number of hydrogen-bond donors (Lipinski definition) is 2. The molecule has 206 valence electrons. The molecular formula is C26H31F3N4O5. The lowest BCUT2D eigenvalue weighted by Crippen LogP contribution is -2.50. The van der Waals surface area contributed by atoms with Gasteiger partial charge in [-0.25, -0.2) is 0 Å². The van der Waals surface area contributed by atoms with Crippen LogP contribution in [0, 0.1) is 22.7 Å². The first kappa shape index (κ1) is 27.5. The highest BCUT2D eigenvalue weighted by atomic mass is 19.4.